The number of imidazole rings is 1. The lowest BCUT2D eigenvalue weighted by Gasteiger charge is -2.21. The SMILES string of the molecule is CC[C@@H](C)CN(C)C(=O)Nc1cccc(-c2nccn2C)c1. The van der Waals surface area contributed by atoms with Gasteiger partial charge >= 0.3 is 6.03 Å². The van der Waals surface area contributed by atoms with Crippen LogP contribution in [0.1, 0.15) is 20.3 Å². The zero-order valence-corrected chi connectivity index (χ0v) is 13.7. The number of nitrogens with one attached hydrogen (secondary N) is 1. The number of anilines is 1. The molecule has 1 N–H and O–H groups in total. The van der Waals surface area contributed by atoms with E-state index in [1.54, 1.807) is 11.1 Å². The van der Waals surface area contributed by atoms with E-state index >= 15 is 0 Å². The second-order valence-corrected chi connectivity index (χ2v) is 5.77. The molecule has 0 unspecified atom stereocenters. The predicted molar refractivity (Wildman–Crippen MR) is 89.7 cm³/mol. The van der Waals surface area contributed by atoms with Gasteiger partial charge in [0.15, 0.2) is 0 Å². The van der Waals surface area contributed by atoms with Gasteiger partial charge in [0.2, 0.25) is 0 Å². The van der Waals surface area contributed by atoms with Crippen molar-refractivity contribution in [3.63, 3.8) is 0 Å². The van der Waals surface area contributed by atoms with Crippen molar-refractivity contribution >= 4 is 11.7 Å². The fraction of sp³-hybridized carbons (Fsp3) is 0.412. The summed E-state index contributed by atoms with van der Waals surface area (Å²) in [6.07, 6.45) is 4.73. The number of benzene rings is 1. The van der Waals surface area contributed by atoms with Crippen molar-refractivity contribution in [2.75, 3.05) is 18.9 Å². The number of hydrogen-bond donors (Lipinski definition) is 1. The van der Waals surface area contributed by atoms with Crippen molar-refractivity contribution in [1.82, 2.24) is 14.5 Å². The number of aromatic nitrogens is 2. The minimum Gasteiger partial charge on any atom is -0.334 e. The summed E-state index contributed by atoms with van der Waals surface area (Å²) in [5.74, 6) is 1.37. The van der Waals surface area contributed by atoms with Crippen LogP contribution in [0.15, 0.2) is 36.7 Å². The van der Waals surface area contributed by atoms with E-state index in [2.05, 4.69) is 24.1 Å². The zero-order valence-electron chi connectivity index (χ0n) is 13.7. The Labute approximate surface area is 132 Å². The number of amides is 2. The molecule has 118 valence electrons. The van der Waals surface area contributed by atoms with Gasteiger partial charge in [-0.25, -0.2) is 9.78 Å². The zero-order chi connectivity index (χ0) is 16.1. The van der Waals surface area contributed by atoms with E-state index in [0.29, 0.717) is 5.92 Å². The number of urea groups is 1. The molecule has 0 aliphatic heterocycles. The molecular weight excluding hydrogens is 276 g/mol. The minimum atomic E-state index is -0.0858. The van der Waals surface area contributed by atoms with Crippen LogP contribution in [-0.2, 0) is 7.05 Å². The molecule has 1 heterocycles. The number of carbonyl (C=O) groups excluding carboxylic acids is 1. The third-order valence-corrected chi connectivity index (χ3v) is 3.82. The molecule has 2 rings (SSSR count). The van der Waals surface area contributed by atoms with Gasteiger partial charge < -0.3 is 14.8 Å². The van der Waals surface area contributed by atoms with Crippen molar-refractivity contribution in [1.29, 1.82) is 0 Å². The second-order valence-electron chi connectivity index (χ2n) is 5.77. The van der Waals surface area contributed by atoms with Gasteiger partial charge in [-0.1, -0.05) is 32.4 Å². The van der Waals surface area contributed by atoms with Crippen LogP contribution >= 0.6 is 0 Å². The van der Waals surface area contributed by atoms with Crippen molar-refractivity contribution in [2.45, 2.75) is 20.3 Å². The molecule has 0 aliphatic carbocycles. The smallest absolute Gasteiger partial charge is 0.321 e. The van der Waals surface area contributed by atoms with E-state index in [4.69, 9.17) is 0 Å². The highest BCUT2D eigenvalue weighted by Gasteiger charge is 2.12. The summed E-state index contributed by atoms with van der Waals surface area (Å²) in [5.41, 5.74) is 1.76. The van der Waals surface area contributed by atoms with Gasteiger partial charge in [0.05, 0.1) is 0 Å². The Morgan fingerprint density at radius 2 is 2.23 bits per heavy atom. The Hall–Kier alpha value is -2.30. The van der Waals surface area contributed by atoms with Crippen LogP contribution in [-0.4, -0.2) is 34.1 Å². The molecule has 0 spiro atoms. The lowest BCUT2D eigenvalue weighted by atomic mass is 10.1. The molecule has 1 aromatic heterocycles. The van der Waals surface area contributed by atoms with Crippen LogP contribution in [0, 0.1) is 5.92 Å². The van der Waals surface area contributed by atoms with Gasteiger partial charge in [-0.2, -0.15) is 0 Å². The lowest BCUT2D eigenvalue weighted by molar-refractivity contribution is 0.215. The first-order valence-electron chi connectivity index (χ1n) is 7.61. The van der Waals surface area contributed by atoms with Crippen LogP contribution in [0.4, 0.5) is 10.5 Å². The van der Waals surface area contributed by atoms with Crippen molar-refractivity contribution in [3.05, 3.63) is 36.7 Å². The molecule has 0 bridgehead atoms. The molecular formula is C17H24N4O. The fourth-order valence-electron chi connectivity index (χ4n) is 2.28. The first-order valence-corrected chi connectivity index (χ1v) is 7.61. The normalized spacial score (nSPS) is 12.0. The van der Waals surface area contributed by atoms with Crippen LogP contribution < -0.4 is 5.32 Å². The van der Waals surface area contributed by atoms with Crippen LogP contribution in [0.2, 0.25) is 0 Å². The molecule has 2 aromatic rings. The number of rotatable bonds is 5. The largest absolute Gasteiger partial charge is 0.334 e. The molecule has 0 aliphatic rings. The average Bonchev–Trinajstić information content (AvgIpc) is 2.93. The summed E-state index contributed by atoms with van der Waals surface area (Å²) < 4.78 is 1.95. The summed E-state index contributed by atoms with van der Waals surface area (Å²) in [6.45, 7) is 5.03. The molecule has 0 saturated heterocycles. The highest BCUT2D eigenvalue weighted by molar-refractivity contribution is 5.89. The molecule has 0 fully saturated rings. The van der Waals surface area contributed by atoms with Gasteiger partial charge in [-0.15, -0.1) is 0 Å². The van der Waals surface area contributed by atoms with E-state index < -0.39 is 0 Å². The standard InChI is InChI=1S/C17H24N4O/c1-5-13(2)12-21(4)17(22)19-15-8-6-7-14(11-15)16-18-9-10-20(16)3/h6-11,13H,5,12H2,1-4H3,(H,19,22)/t13-/m1/s1. The van der Waals surface area contributed by atoms with Crippen LogP contribution in [0.25, 0.3) is 11.4 Å². The minimum absolute atomic E-state index is 0.0858. The number of hydrogen-bond acceptors (Lipinski definition) is 2. The fourth-order valence-corrected chi connectivity index (χ4v) is 2.28. The highest BCUT2D eigenvalue weighted by Crippen LogP contribution is 2.20. The van der Waals surface area contributed by atoms with Crippen LogP contribution in [0.3, 0.4) is 0 Å². The monoisotopic (exact) mass is 300 g/mol. The van der Waals surface area contributed by atoms with Crippen LogP contribution in [0.5, 0.6) is 0 Å². The number of nitrogens with zero attached hydrogens (tertiary/aromatic N) is 3. The van der Waals surface area contributed by atoms with Crippen molar-refractivity contribution < 1.29 is 4.79 Å². The maximum absolute atomic E-state index is 12.2. The van der Waals surface area contributed by atoms with E-state index in [9.17, 15) is 4.79 Å². The van der Waals surface area contributed by atoms with Gasteiger partial charge in [-0.3, -0.25) is 0 Å². The van der Waals surface area contributed by atoms with Crippen molar-refractivity contribution in [3.8, 4) is 11.4 Å². The first kappa shape index (κ1) is 16.1. The molecule has 2 amide bonds. The van der Waals surface area contributed by atoms with Gasteiger partial charge in [0.25, 0.3) is 0 Å². The first-order chi connectivity index (χ1) is 10.5. The summed E-state index contributed by atoms with van der Waals surface area (Å²) in [7, 11) is 3.78. The van der Waals surface area contributed by atoms with Gasteiger partial charge in [0.1, 0.15) is 5.82 Å². The molecule has 0 saturated carbocycles. The Bertz CT molecular complexity index is 635. The average molecular weight is 300 g/mol. The van der Waals surface area contributed by atoms with E-state index in [0.717, 1.165) is 30.0 Å². The molecule has 5 heteroatoms. The Balaban J connectivity index is 2.07. The van der Waals surface area contributed by atoms with E-state index in [-0.39, 0.29) is 6.03 Å². The van der Waals surface area contributed by atoms with E-state index in [1.165, 1.54) is 0 Å². The molecule has 1 aromatic carbocycles. The summed E-state index contributed by atoms with van der Waals surface area (Å²) in [4.78, 5) is 18.3. The summed E-state index contributed by atoms with van der Waals surface area (Å²) in [6, 6.07) is 7.66. The van der Waals surface area contributed by atoms with E-state index in [1.807, 2.05) is 49.1 Å². The topological polar surface area (TPSA) is 50.2 Å². The highest BCUT2D eigenvalue weighted by atomic mass is 16.2. The van der Waals surface area contributed by atoms with Gasteiger partial charge in [-0.05, 0) is 18.1 Å². The lowest BCUT2D eigenvalue weighted by Crippen LogP contribution is -2.34. The maximum atomic E-state index is 12.2. The second kappa shape index (κ2) is 7.11. The Morgan fingerprint density at radius 3 is 2.86 bits per heavy atom. The van der Waals surface area contributed by atoms with Gasteiger partial charge in [0, 0.05) is 44.3 Å². The Kier molecular flexibility index (Phi) is 5.20. The summed E-state index contributed by atoms with van der Waals surface area (Å²) >= 11 is 0. The third-order valence-electron chi connectivity index (χ3n) is 3.82. The van der Waals surface area contributed by atoms with Crippen molar-refractivity contribution in [2.24, 2.45) is 13.0 Å². The third kappa shape index (κ3) is 3.87. The summed E-state index contributed by atoms with van der Waals surface area (Å²) in [5, 5.41) is 2.94. The number of aryl methyl sites for hydroxylation is 1. The number of carbonyl (C=O) groups is 1. The molecule has 22 heavy (non-hydrogen) atoms. The molecule has 5 nitrogen and oxygen atoms in total. The molecule has 1 atom stereocenters. The molecule has 0 radical (unpaired) electrons. The quantitative estimate of drug-likeness (QED) is 0.917. The predicted octanol–water partition coefficient (Wildman–Crippen LogP) is 3.60. The maximum Gasteiger partial charge on any atom is 0.321 e. The Morgan fingerprint density at radius 1 is 1.45 bits per heavy atom.